The molecule has 0 spiro atoms. The van der Waals surface area contributed by atoms with Gasteiger partial charge in [0.2, 0.25) is 0 Å². The topological polar surface area (TPSA) is 97.5 Å². The van der Waals surface area contributed by atoms with Crippen LogP contribution < -0.4 is 5.73 Å². The molecule has 5 nitrogen and oxygen atoms in total. The fourth-order valence-corrected chi connectivity index (χ4v) is 1.94. The third-order valence-corrected chi connectivity index (χ3v) is 2.92. The molecule has 3 N–H and O–H groups in total. The van der Waals surface area contributed by atoms with Gasteiger partial charge in [0.1, 0.15) is 4.90 Å². The van der Waals surface area contributed by atoms with Crippen molar-refractivity contribution in [3.05, 3.63) is 23.8 Å². The smallest absolute Gasteiger partial charge is 0.295 e. The van der Waals surface area contributed by atoms with E-state index in [1.807, 2.05) is 0 Å². The lowest BCUT2D eigenvalue weighted by molar-refractivity contribution is 0.101. The molecular formula is C8H9NO4S2. The number of anilines is 1. The predicted molar refractivity (Wildman–Crippen MR) is 58.9 cm³/mol. The van der Waals surface area contributed by atoms with Gasteiger partial charge in [0.15, 0.2) is 5.78 Å². The summed E-state index contributed by atoms with van der Waals surface area (Å²) in [6, 6.07) is 3.57. The predicted octanol–water partition coefficient (Wildman–Crippen LogP) is 0.628. The first kappa shape index (κ1) is 12.0. The highest BCUT2D eigenvalue weighted by Gasteiger charge is 2.19. The summed E-state index contributed by atoms with van der Waals surface area (Å²) >= 11 is 3.74. The molecule has 0 saturated carbocycles. The number of carbonyl (C=O) groups is 1. The number of benzene rings is 1. The number of thiol groups is 1. The Bertz CT molecular complexity index is 495. The molecule has 0 aromatic heterocycles. The van der Waals surface area contributed by atoms with E-state index < -0.39 is 20.8 Å². The quantitative estimate of drug-likeness (QED) is 0.315. The van der Waals surface area contributed by atoms with Gasteiger partial charge < -0.3 is 5.73 Å². The Hall–Kier alpha value is -1.05. The molecule has 82 valence electrons. The van der Waals surface area contributed by atoms with E-state index in [4.69, 9.17) is 10.3 Å². The van der Waals surface area contributed by atoms with Gasteiger partial charge in [-0.2, -0.15) is 21.0 Å². The van der Waals surface area contributed by atoms with Crippen molar-refractivity contribution in [3.8, 4) is 0 Å². The van der Waals surface area contributed by atoms with Crippen LogP contribution in [0.2, 0.25) is 0 Å². The third kappa shape index (κ3) is 2.71. The molecule has 0 radical (unpaired) electrons. The van der Waals surface area contributed by atoms with Crippen molar-refractivity contribution in [2.45, 2.75) is 4.90 Å². The van der Waals surface area contributed by atoms with Crippen molar-refractivity contribution in [2.24, 2.45) is 0 Å². The number of hydrogen-bond donors (Lipinski definition) is 3. The van der Waals surface area contributed by atoms with Crippen molar-refractivity contribution in [1.29, 1.82) is 0 Å². The van der Waals surface area contributed by atoms with Crippen LogP contribution in [0.3, 0.4) is 0 Å². The molecule has 0 bridgehead atoms. The van der Waals surface area contributed by atoms with Gasteiger partial charge in [0, 0.05) is 11.3 Å². The number of ketones is 1. The number of rotatable bonds is 3. The number of Topliss-reactive ketones (excluding diaryl/α,β-unsaturated/α-hetero) is 1. The molecule has 0 saturated heterocycles. The second-order valence-electron chi connectivity index (χ2n) is 2.81. The number of nitrogen functional groups attached to an aromatic ring is 1. The van der Waals surface area contributed by atoms with Crippen LogP contribution >= 0.6 is 12.6 Å². The maximum Gasteiger partial charge on any atom is 0.295 e. The molecule has 0 unspecified atom stereocenters. The number of carbonyl (C=O) groups excluding carboxylic acids is 1. The maximum absolute atomic E-state index is 11.3. The summed E-state index contributed by atoms with van der Waals surface area (Å²) < 4.78 is 30.7. The van der Waals surface area contributed by atoms with Gasteiger partial charge in [-0.1, -0.05) is 0 Å². The summed E-state index contributed by atoms with van der Waals surface area (Å²) in [5.41, 5.74) is 5.51. The average Bonchev–Trinajstić information content (AvgIpc) is 2.14. The van der Waals surface area contributed by atoms with Crippen LogP contribution in [0.4, 0.5) is 5.69 Å². The van der Waals surface area contributed by atoms with E-state index in [9.17, 15) is 13.2 Å². The third-order valence-electron chi connectivity index (χ3n) is 1.73. The summed E-state index contributed by atoms with van der Waals surface area (Å²) in [7, 11) is -4.42. The zero-order valence-corrected chi connectivity index (χ0v) is 9.25. The normalized spacial score (nSPS) is 11.3. The van der Waals surface area contributed by atoms with Crippen LogP contribution in [-0.2, 0) is 10.1 Å². The first-order valence-corrected chi connectivity index (χ1v) is 5.94. The van der Waals surface area contributed by atoms with Crippen molar-refractivity contribution >= 4 is 34.2 Å². The van der Waals surface area contributed by atoms with Crippen LogP contribution in [0.5, 0.6) is 0 Å². The van der Waals surface area contributed by atoms with Gasteiger partial charge in [-0.3, -0.25) is 9.35 Å². The van der Waals surface area contributed by atoms with Gasteiger partial charge in [-0.25, -0.2) is 0 Å². The zero-order chi connectivity index (χ0) is 11.6. The molecule has 0 aliphatic rings. The highest BCUT2D eigenvalue weighted by molar-refractivity contribution is 7.86. The average molecular weight is 247 g/mol. The second-order valence-corrected chi connectivity index (χ2v) is 4.52. The summed E-state index contributed by atoms with van der Waals surface area (Å²) in [6.07, 6.45) is 0. The summed E-state index contributed by atoms with van der Waals surface area (Å²) in [5, 5.41) is 0. The minimum atomic E-state index is -4.42. The van der Waals surface area contributed by atoms with E-state index in [2.05, 4.69) is 12.6 Å². The zero-order valence-electron chi connectivity index (χ0n) is 7.54. The summed E-state index contributed by atoms with van der Waals surface area (Å²) in [6.45, 7) is 0. The molecule has 0 aliphatic carbocycles. The molecule has 0 amide bonds. The van der Waals surface area contributed by atoms with E-state index in [0.29, 0.717) is 0 Å². The summed E-state index contributed by atoms with van der Waals surface area (Å²) in [5.74, 6) is -0.676. The number of nitrogens with two attached hydrogens (primary N) is 1. The Morgan fingerprint density at radius 3 is 2.53 bits per heavy atom. The molecule has 0 heterocycles. The second kappa shape index (κ2) is 4.21. The lowest BCUT2D eigenvalue weighted by Crippen LogP contribution is -2.10. The molecule has 0 atom stereocenters. The van der Waals surface area contributed by atoms with Gasteiger partial charge in [-0.15, -0.1) is 0 Å². The SMILES string of the molecule is Nc1ccc(S(=O)(=O)O)c(C(=O)CS)c1. The Morgan fingerprint density at radius 1 is 1.47 bits per heavy atom. The van der Waals surface area contributed by atoms with Crippen molar-refractivity contribution in [2.75, 3.05) is 11.5 Å². The first-order chi connectivity index (χ1) is 6.86. The molecule has 0 fully saturated rings. The van der Waals surface area contributed by atoms with Crippen molar-refractivity contribution in [1.82, 2.24) is 0 Å². The fourth-order valence-electron chi connectivity index (χ4n) is 1.08. The highest BCUT2D eigenvalue weighted by Crippen LogP contribution is 2.19. The van der Waals surface area contributed by atoms with E-state index in [1.165, 1.54) is 12.1 Å². The van der Waals surface area contributed by atoms with E-state index in [1.54, 1.807) is 0 Å². The molecule has 1 aromatic carbocycles. The maximum atomic E-state index is 11.3. The van der Waals surface area contributed by atoms with Gasteiger partial charge in [0.05, 0.1) is 5.75 Å². The molecule has 7 heteroatoms. The molecule has 0 aliphatic heterocycles. The minimum Gasteiger partial charge on any atom is -0.399 e. The monoisotopic (exact) mass is 247 g/mol. The molecule has 15 heavy (non-hydrogen) atoms. The van der Waals surface area contributed by atoms with Crippen LogP contribution in [0.25, 0.3) is 0 Å². The Morgan fingerprint density at radius 2 is 2.07 bits per heavy atom. The van der Waals surface area contributed by atoms with E-state index in [-0.39, 0.29) is 17.0 Å². The first-order valence-electron chi connectivity index (χ1n) is 3.87. The van der Waals surface area contributed by atoms with Crippen molar-refractivity contribution < 1.29 is 17.8 Å². The Labute approximate surface area is 92.4 Å². The summed E-state index contributed by atoms with van der Waals surface area (Å²) in [4.78, 5) is 10.9. The van der Waals surface area contributed by atoms with Crippen LogP contribution in [0, 0.1) is 0 Å². The molecule has 1 rings (SSSR count). The Kier molecular flexibility index (Phi) is 3.38. The molecular weight excluding hydrogens is 238 g/mol. The van der Waals surface area contributed by atoms with Crippen LogP contribution in [0.15, 0.2) is 23.1 Å². The highest BCUT2D eigenvalue weighted by atomic mass is 32.2. The lowest BCUT2D eigenvalue weighted by atomic mass is 10.1. The number of hydrogen-bond acceptors (Lipinski definition) is 5. The Balaban J connectivity index is 3.47. The molecule has 1 aromatic rings. The van der Waals surface area contributed by atoms with E-state index >= 15 is 0 Å². The van der Waals surface area contributed by atoms with Gasteiger partial charge in [-0.05, 0) is 18.2 Å². The lowest BCUT2D eigenvalue weighted by Gasteiger charge is -2.05. The van der Waals surface area contributed by atoms with Crippen molar-refractivity contribution in [3.63, 3.8) is 0 Å². The fraction of sp³-hybridized carbons (Fsp3) is 0.125. The standard InChI is InChI=1S/C8H9NO4S2/c9-5-1-2-8(15(11,12)13)6(3-5)7(10)4-14/h1-3,14H,4,9H2,(H,11,12,13). The minimum absolute atomic E-state index is 0.146. The van der Waals surface area contributed by atoms with Crippen LogP contribution in [-0.4, -0.2) is 24.5 Å². The van der Waals surface area contributed by atoms with Gasteiger partial charge in [0.25, 0.3) is 10.1 Å². The van der Waals surface area contributed by atoms with E-state index in [0.717, 1.165) is 6.07 Å². The largest absolute Gasteiger partial charge is 0.399 e. The van der Waals surface area contributed by atoms with Crippen LogP contribution in [0.1, 0.15) is 10.4 Å². The van der Waals surface area contributed by atoms with Gasteiger partial charge >= 0.3 is 0 Å².